The van der Waals surface area contributed by atoms with Crippen LogP contribution in [0.1, 0.15) is 12.5 Å². The van der Waals surface area contributed by atoms with E-state index in [0.29, 0.717) is 24.1 Å². The number of halogens is 1. The van der Waals surface area contributed by atoms with Crippen LogP contribution in [-0.4, -0.2) is 39.4 Å². The maximum Gasteiger partial charge on any atom is 0.251 e. The van der Waals surface area contributed by atoms with Gasteiger partial charge in [-0.25, -0.2) is 0 Å². The van der Waals surface area contributed by atoms with Crippen molar-refractivity contribution in [2.45, 2.75) is 18.2 Å². The Morgan fingerprint density at radius 1 is 1.26 bits per heavy atom. The number of phenols is 1. The quantitative estimate of drug-likeness (QED) is 0.789. The average molecular weight is 378 g/mol. The molecule has 0 bridgehead atoms. The number of aromatic hydroxyl groups is 1. The van der Waals surface area contributed by atoms with E-state index >= 15 is 0 Å². The van der Waals surface area contributed by atoms with Gasteiger partial charge < -0.3 is 15.1 Å². The molecule has 0 radical (unpaired) electrons. The number of alkyl halides is 1. The van der Waals surface area contributed by atoms with Crippen LogP contribution in [0.3, 0.4) is 0 Å². The zero-order chi connectivity index (χ0) is 17.0. The van der Waals surface area contributed by atoms with E-state index in [2.05, 4.69) is 15.9 Å². The normalized spacial score (nSPS) is 17.7. The summed E-state index contributed by atoms with van der Waals surface area (Å²) >= 11 is 3.46. The number of hydrogen-bond acceptors (Lipinski definition) is 3. The Balaban J connectivity index is 2.05. The molecule has 1 aliphatic carbocycles. The molecule has 0 spiro atoms. The molecule has 1 aliphatic rings. The van der Waals surface area contributed by atoms with Crippen LogP contribution in [-0.2, 0) is 11.2 Å². The third kappa shape index (κ3) is 4.48. The van der Waals surface area contributed by atoms with Crippen molar-refractivity contribution in [3.63, 3.8) is 0 Å². The lowest BCUT2D eigenvalue weighted by atomic mass is 10.1. The highest BCUT2D eigenvalue weighted by atomic mass is 79.9. The van der Waals surface area contributed by atoms with Gasteiger partial charge in [0.2, 0.25) is 0 Å². The minimum Gasteiger partial charge on any atom is -0.508 e. The second-order valence-electron chi connectivity index (χ2n) is 5.57. The number of allylic oxidation sites excluding steroid dienone is 4. The van der Waals surface area contributed by atoms with Crippen molar-refractivity contribution in [2.24, 2.45) is 0 Å². The second-order valence-corrected chi connectivity index (χ2v) is 6.56. The molecular weight excluding hydrogens is 358 g/mol. The molecule has 0 aliphatic heterocycles. The monoisotopic (exact) mass is 377 g/mol. The zero-order valence-electron chi connectivity index (χ0n) is 13.2. The van der Waals surface area contributed by atoms with Gasteiger partial charge in [0, 0.05) is 19.2 Å². The molecule has 1 unspecified atom stereocenters. The van der Waals surface area contributed by atoms with Crippen LogP contribution in [0.25, 0.3) is 0 Å². The van der Waals surface area contributed by atoms with Gasteiger partial charge >= 0.3 is 0 Å². The van der Waals surface area contributed by atoms with E-state index in [1.54, 1.807) is 49.2 Å². The van der Waals surface area contributed by atoms with Crippen LogP contribution in [0.5, 0.6) is 5.75 Å². The Kier molecular flexibility index (Phi) is 5.66. The molecule has 5 heteroatoms. The highest BCUT2D eigenvalue weighted by molar-refractivity contribution is 9.09. The minimum absolute atomic E-state index is 0.0793. The highest BCUT2D eigenvalue weighted by Gasteiger charge is 2.22. The summed E-state index contributed by atoms with van der Waals surface area (Å²) in [5.74, 6) is 0.325. The summed E-state index contributed by atoms with van der Waals surface area (Å²) in [5.41, 5.74) is 2.32. The average Bonchev–Trinajstić information content (AvgIpc) is 2.66. The van der Waals surface area contributed by atoms with Gasteiger partial charge in [-0.3, -0.25) is 4.79 Å². The maximum atomic E-state index is 12.6. The molecule has 2 rings (SSSR count). The predicted octanol–water partition coefficient (Wildman–Crippen LogP) is 3.48. The third-order valence-corrected chi connectivity index (χ3v) is 4.56. The van der Waals surface area contributed by atoms with Crippen molar-refractivity contribution in [3.05, 3.63) is 65.0 Å². The Hall–Kier alpha value is -2.01. The lowest BCUT2D eigenvalue weighted by molar-refractivity contribution is -0.125. The summed E-state index contributed by atoms with van der Waals surface area (Å²) in [7, 11) is 1.76. The summed E-state index contributed by atoms with van der Waals surface area (Å²) in [6.07, 6.45) is 5.78. The maximum absolute atomic E-state index is 12.6. The summed E-state index contributed by atoms with van der Waals surface area (Å²) < 4.78 is 0. The molecule has 4 nitrogen and oxygen atoms in total. The summed E-state index contributed by atoms with van der Waals surface area (Å²) in [6.45, 7) is 2.34. The van der Waals surface area contributed by atoms with E-state index in [1.807, 2.05) is 12.1 Å². The number of likely N-dealkylation sites (N-methyl/N-ethyl adjacent to an activating group) is 1. The Labute approximate surface area is 144 Å². The number of rotatable bonds is 4. The minimum atomic E-state index is -0.231. The number of carbonyl (C=O) groups excluding carboxylic acids is 1. The fraction of sp³-hybridized carbons (Fsp3) is 0.278. The molecule has 0 saturated heterocycles. The molecule has 1 aromatic rings. The molecule has 1 aromatic carbocycles. The second kappa shape index (κ2) is 7.51. The highest BCUT2D eigenvalue weighted by Crippen LogP contribution is 2.23. The van der Waals surface area contributed by atoms with Gasteiger partial charge in [-0.2, -0.15) is 0 Å². The zero-order valence-corrected chi connectivity index (χ0v) is 14.7. The smallest absolute Gasteiger partial charge is 0.251 e. The molecule has 0 aromatic heterocycles. The van der Waals surface area contributed by atoms with Gasteiger partial charge in [0.25, 0.3) is 5.91 Å². The third-order valence-electron chi connectivity index (χ3n) is 3.76. The van der Waals surface area contributed by atoms with Gasteiger partial charge in [0.15, 0.2) is 0 Å². The van der Waals surface area contributed by atoms with E-state index in [4.69, 9.17) is 0 Å². The molecule has 23 heavy (non-hydrogen) atoms. The number of amides is 1. The molecular formula is C18H20BrNO3. The Morgan fingerprint density at radius 2 is 1.91 bits per heavy atom. The van der Waals surface area contributed by atoms with Crippen molar-refractivity contribution in [1.82, 2.24) is 4.90 Å². The molecule has 0 saturated carbocycles. The molecule has 0 heterocycles. The number of aliphatic hydroxyl groups is 1. The predicted molar refractivity (Wildman–Crippen MR) is 94.7 cm³/mol. The first-order valence-electron chi connectivity index (χ1n) is 7.35. The number of benzene rings is 1. The first-order valence-corrected chi connectivity index (χ1v) is 8.27. The first-order chi connectivity index (χ1) is 10.9. The fourth-order valence-corrected chi connectivity index (χ4v) is 2.74. The summed E-state index contributed by atoms with van der Waals surface area (Å²) in [6, 6.07) is 6.97. The van der Waals surface area contributed by atoms with E-state index in [1.165, 1.54) is 0 Å². The lowest BCUT2D eigenvalue weighted by Crippen LogP contribution is -2.32. The SMILES string of the molecule is CC1=C(O)C=CC(Br)C(C(=O)N(C)CCc2ccc(O)cc2)=C1. The molecule has 0 fully saturated rings. The molecule has 2 N–H and O–H groups in total. The lowest BCUT2D eigenvalue weighted by Gasteiger charge is -2.20. The molecule has 1 atom stereocenters. The number of hydrogen-bond donors (Lipinski definition) is 2. The van der Waals surface area contributed by atoms with Crippen molar-refractivity contribution in [1.29, 1.82) is 0 Å². The van der Waals surface area contributed by atoms with Crippen molar-refractivity contribution >= 4 is 21.8 Å². The number of nitrogens with zero attached hydrogens (tertiary/aromatic N) is 1. The van der Waals surface area contributed by atoms with Crippen LogP contribution in [0, 0.1) is 0 Å². The summed E-state index contributed by atoms with van der Waals surface area (Å²) in [5, 5.41) is 19.1. The van der Waals surface area contributed by atoms with Crippen molar-refractivity contribution in [3.8, 4) is 5.75 Å². The largest absolute Gasteiger partial charge is 0.508 e. The molecule has 122 valence electrons. The van der Waals surface area contributed by atoms with Gasteiger partial charge in [-0.1, -0.05) is 34.1 Å². The van der Waals surface area contributed by atoms with Gasteiger partial charge in [0.1, 0.15) is 11.5 Å². The van der Waals surface area contributed by atoms with Gasteiger partial charge in [-0.05, 0) is 48.8 Å². The Bertz CT molecular complexity index is 674. The van der Waals surface area contributed by atoms with Crippen molar-refractivity contribution < 1.29 is 15.0 Å². The number of carbonyl (C=O) groups is 1. The van der Waals surface area contributed by atoms with Crippen LogP contribution in [0.4, 0.5) is 0 Å². The van der Waals surface area contributed by atoms with E-state index < -0.39 is 0 Å². The topological polar surface area (TPSA) is 60.8 Å². The van der Waals surface area contributed by atoms with Gasteiger partial charge in [-0.15, -0.1) is 0 Å². The van der Waals surface area contributed by atoms with Crippen molar-refractivity contribution in [2.75, 3.05) is 13.6 Å². The number of aliphatic hydroxyl groups excluding tert-OH is 1. The first kappa shape index (κ1) is 17.3. The van der Waals surface area contributed by atoms with E-state index in [9.17, 15) is 15.0 Å². The van der Waals surface area contributed by atoms with Crippen LogP contribution < -0.4 is 0 Å². The molecule has 1 amide bonds. The van der Waals surface area contributed by atoms with E-state index in [0.717, 1.165) is 5.56 Å². The van der Waals surface area contributed by atoms with Crippen LogP contribution in [0.2, 0.25) is 0 Å². The Morgan fingerprint density at radius 3 is 2.57 bits per heavy atom. The van der Waals surface area contributed by atoms with Crippen LogP contribution in [0.15, 0.2) is 59.4 Å². The van der Waals surface area contributed by atoms with E-state index in [-0.39, 0.29) is 22.2 Å². The van der Waals surface area contributed by atoms with Crippen LogP contribution >= 0.6 is 15.9 Å². The standard InChI is InChI=1S/C18H20BrNO3/c1-12-11-15(16(19)7-8-17(12)22)18(23)20(2)10-9-13-3-5-14(21)6-4-13/h3-8,11,16,21-22H,9-10H2,1-2H3. The number of phenolic OH excluding ortho intramolecular Hbond substituents is 1. The van der Waals surface area contributed by atoms with Gasteiger partial charge in [0.05, 0.1) is 4.83 Å². The summed E-state index contributed by atoms with van der Waals surface area (Å²) in [4.78, 5) is 14.1. The fourth-order valence-electron chi connectivity index (χ4n) is 2.26.